The first-order valence-electron chi connectivity index (χ1n) is 7.04. The Labute approximate surface area is 135 Å². The third-order valence-corrected chi connectivity index (χ3v) is 3.17. The number of carbonyl (C=O) groups excluding carboxylic acids is 3. The second-order valence-corrected chi connectivity index (χ2v) is 5.58. The van der Waals surface area contributed by atoms with Crippen LogP contribution < -0.4 is 5.32 Å². The van der Waals surface area contributed by atoms with Crippen molar-refractivity contribution in [2.75, 3.05) is 5.88 Å². The molecule has 0 saturated carbocycles. The Morgan fingerprint density at radius 3 is 2.36 bits per heavy atom. The van der Waals surface area contributed by atoms with E-state index >= 15 is 0 Å². The summed E-state index contributed by atoms with van der Waals surface area (Å²) in [5.41, 5.74) is 0.834. The van der Waals surface area contributed by atoms with E-state index in [1.807, 2.05) is 44.2 Å². The molecule has 1 atom stereocenters. The molecule has 0 aliphatic rings. The summed E-state index contributed by atoms with van der Waals surface area (Å²) >= 11 is 5.39. The van der Waals surface area contributed by atoms with Gasteiger partial charge in [-0.15, -0.1) is 11.6 Å². The third kappa shape index (κ3) is 6.26. The SMILES string of the molecule is CC(C)C[C@H](NC(=O)OCc1ccccc1)C(=O)C(=O)CCl. The molecule has 1 aromatic carbocycles. The van der Waals surface area contributed by atoms with E-state index in [1.165, 1.54) is 0 Å². The summed E-state index contributed by atoms with van der Waals surface area (Å²) in [6.45, 7) is 3.88. The van der Waals surface area contributed by atoms with Gasteiger partial charge in [0.1, 0.15) is 6.61 Å². The van der Waals surface area contributed by atoms with Crippen LogP contribution in [-0.2, 0) is 20.9 Å². The summed E-state index contributed by atoms with van der Waals surface area (Å²) in [6.07, 6.45) is -0.382. The van der Waals surface area contributed by atoms with Gasteiger partial charge in [0.05, 0.1) is 11.9 Å². The molecule has 0 heterocycles. The molecule has 22 heavy (non-hydrogen) atoms. The zero-order chi connectivity index (χ0) is 16.5. The maximum Gasteiger partial charge on any atom is 0.408 e. The van der Waals surface area contributed by atoms with Crippen molar-refractivity contribution in [3.05, 3.63) is 35.9 Å². The van der Waals surface area contributed by atoms with E-state index in [4.69, 9.17) is 16.3 Å². The first-order valence-corrected chi connectivity index (χ1v) is 7.57. The summed E-state index contributed by atoms with van der Waals surface area (Å²) in [4.78, 5) is 35.1. The number of hydrogen-bond acceptors (Lipinski definition) is 4. The standard InChI is InChI=1S/C16H20ClNO4/c1-11(2)8-13(15(20)14(19)9-17)18-16(21)22-10-12-6-4-3-5-7-12/h3-7,11,13H,8-10H2,1-2H3,(H,18,21)/t13-/m0/s1. The van der Waals surface area contributed by atoms with E-state index in [2.05, 4.69) is 5.32 Å². The van der Waals surface area contributed by atoms with Crippen LogP contribution in [0.2, 0.25) is 0 Å². The third-order valence-electron chi connectivity index (χ3n) is 2.92. The summed E-state index contributed by atoms with van der Waals surface area (Å²) in [5, 5.41) is 2.44. The number of amides is 1. The van der Waals surface area contributed by atoms with Crippen LogP contribution in [0.1, 0.15) is 25.8 Å². The molecule has 1 aromatic rings. The largest absolute Gasteiger partial charge is 0.445 e. The van der Waals surface area contributed by atoms with Gasteiger partial charge in [-0.2, -0.15) is 0 Å². The smallest absolute Gasteiger partial charge is 0.408 e. The molecule has 0 aliphatic heterocycles. The molecule has 0 unspecified atom stereocenters. The fraction of sp³-hybridized carbons (Fsp3) is 0.438. The molecule has 6 heteroatoms. The second-order valence-electron chi connectivity index (χ2n) is 5.31. The lowest BCUT2D eigenvalue weighted by atomic mass is 9.98. The minimum absolute atomic E-state index is 0.0959. The number of alkyl carbamates (subject to hydrolysis) is 1. The van der Waals surface area contributed by atoms with Crippen molar-refractivity contribution in [2.45, 2.75) is 32.9 Å². The van der Waals surface area contributed by atoms with Gasteiger partial charge >= 0.3 is 6.09 Å². The van der Waals surface area contributed by atoms with Gasteiger partial charge in [0, 0.05) is 0 Å². The highest BCUT2D eigenvalue weighted by Gasteiger charge is 2.27. The van der Waals surface area contributed by atoms with Crippen molar-refractivity contribution in [2.24, 2.45) is 5.92 Å². The fourth-order valence-corrected chi connectivity index (χ4v) is 2.00. The molecular formula is C16H20ClNO4. The lowest BCUT2D eigenvalue weighted by Crippen LogP contribution is -2.45. The average Bonchev–Trinajstić information content (AvgIpc) is 2.51. The first kappa shape index (κ1) is 18.2. The predicted octanol–water partition coefficient (Wildman–Crippen LogP) is 2.70. The monoisotopic (exact) mass is 325 g/mol. The number of ether oxygens (including phenoxy) is 1. The summed E-state index contributed by atoms with van der Waals surface area (Å²) in [5.74, 6) is -1.67. The second kappa shape index (κ2) is 9.20. The van der Waals surface area contributed by atoms with E-state index in [0.29, 0.717) is 6.42 Å². The Bertz CT molecular complexity index is 516. The quantitative estimate of drug-likeness (QED) is 0.589. The van der Waals surface area contributed by atoms with Crippen molar-refractivity contribution in [1.29, 1.82) is 0 Å². The van der Waals surface area contributed by atoms with Crippen LogP contribution in [-0.4, -0.2) is 29.6 Å². The van der Waals surface area contributed by atoms with E-state index in [-0.39, 0.29) is 12.5 Å². The van der Waals surface area contributed by atoms with E-state index in [0.717, 1.165) is 5.56 Å². The fourth-order valence-electron chi connectivity index (χ4n) is 1.87. The van der Waals surface area contributed by atoms with Gasteiger partial charge in [0.25, 0.3) is 0 Å². The van der Waals surface area contributed by atoms with Gasteiger partial charge in [-0.25, -0.2) is 4.79 Å². The van der Waals surface area contributed by atoms with Crippen LogP contribution in [0.4, 0.5) is 4.79 Å². The van der Waals surface area contributed by atoms with Gasteiger partial charge in [-0.3, -0.25) is 9.59 Å². The van der Waals surface area contributed by atoms with Crippen molar-refractivity contribution in [3.63, 3.8) is 0 Å². The minimum Gasteiger partial charge on any atom is -0.445 e. The summed E-state index contributed by atoms with van der Waals surface area (Å²) in [7, 11) is 0. The lowest BCUT2D eigenvalue weighted by molar-refractivity contribution is -0.136. The van der Waals surface area contributed by atoms with Crippen LogP contribution in [0.3, 0.4) is 0 Å². The van der Waals surface area contributed by atoms with E-state index in [1.54, 1.807) is 0 Å². The van der Waals surface area contributed by atoms with Crippen molar-refractivity contribution >= 4 is 29.3 Å². The minimum atomic E-state index is -0.908. The molecule has 0 bridgehead atoms. The van der Waals surface area contributed by atoms with Crippen molar-refractivity contribution in [1.82, 2.24) is 5.32 Å². The number of ketones is 2. The van der Waals surface area contributed by atoms with Gasteiger partial charge in [0.15, 0.2) is 0 Å². The summed E-state index contributed by atoms with van der Waals surface area (Å²) in [6, 6.07) is 8.26. The van der Waals surface area contributed by atoms with Crippen LogP contribution in [0.25, 0.3) is 0 Å². The Balaban J connectivity index is 2.58. The zero-order valence-electron chi connectivity index (χ0n) is 12.7. The van der Waals surface area contributed by atoms with Crippen molar-refractivity contribution < 1.29 is 19.1 Å². The molecule has 0 radical (unpaired) electrons. The number of nitrogens with one attached hydrogen (secondary N) is 1. The molecule has 1 rings (SSSR count). The Kier molecular flexibility index (Phi) is 7.60. The number of halogens is 1. The molecule has 5 nitrogen and oxygen atoms in total. The molecule has 1 amide bonds. The van der Waals surface area contributed by atoms with Gasteiger partial charge in [0.2, 0.25) is 11.6 Å². The highest BCUT2D eigenvalue weighted by atomic mass is 35.5. The molecule has 1 N–H and O–H groups in total. The first-order chi connectivity index (χ1) is 10.4. The Morgan fingerprint density at radius 1 is 1.18 bits per heavy atom. The van der Waals surface area contributed by atoms with Gasteiger partial charge in [-0.05, 0) is 17.9 Å². The molecule has 0 saturated heterocycles. The molecule has 0 aromatic heterocycles. The molecule has 0 spiro atoms. The lowest BCUT2D eigenvalue weighted by Gasteiger charge is -2.18. The number of hydrogen-bond donors (Lipinski definition) is 1. The average molecular weight is 326 g/mol. The Hall–Kier alpha value is -1.88. The number of Topliss-reactive ketones (excluding diaryl/α,β-unsaturated/α-hetero) is 2. The predicted molar refractivity (Wildman–Crippen MR) is 83.7 cm³/mol. The number of carbonyl (C=O) groups is 3. The van der Waals surface area contributed by atoms with Gasteiger partial charge in [-0.1, -0.05) is 44.2 Å². The maximum absolute atomic E-state index is 11.9. The molecule has 120 valence electrons. The van der Waals surface area contributed by atoms with Crippen LogP contribution in [0, 0.1) is 5.92 Å². The normalized spacial score (nSPS) is 11.8. The number of rotatable bonds is 8. The van der Waals surface area contributed by atoms with Crippen LogP contribution >= 0.6 is 11.6 Å². The van der Waals surface area contributed by atoms with Crippen molar-refractivity contribution in [3.8, 4) is 0 Å². The maximum atomic E-state index is 11.9. The number of alkyl halides is 1. The van der Waals surface area contributed by atoms with Crippen LogP contribution in [0.5, 0.6) is 0 Å². The van der Waals surface area contributed by atoms with Gasteiger partial charge < -0.3 is 10.1 Å². The Morgan fingerprint density at radius 2 is 1.82 bits per heavy atom. The molecule has 0 fully saturated rings. The van der Waals surface area contributed by atoms with E-state index < -0.39 is 29.6 Å². The molecule has 0 aliphatic carbocycles. The van der Waals surface area contributed by atoms with E-state index in [9.17, 15) is 14.4 Å². The topological polar surface area (TPSA) is 72.5 Å². The summed E-state index contributed by atoms with van der Waals surface area (Å²) < 4.78 is 5.06. The number of benzene rings is 1. The van der Waals surface area contributed by atoms with Crippen LogP contribution in [0.15, 0.2) is 30.3 Å². The highest BCUT2D eigenvalue weighted by molar-refractivity contribution is 6.48. The zero-order valence-corrected chi connectivity index (χ0v) is 13.4. The molecular weight excluding hydrogens is 306 g/mol. The highest BCUT2D eigenvalue weighted by Crippen LogP contribution is 2.08.